The van der Waals surface area contributed by atoms with Crippen molar-refractivity contribution in [2.45, 2.75) is 25.2 Å². The average Bonchev–Trinajstić information content (AvgIpc) is 3.02. The highest BCUT2D eigenvalue weighted by molar-refractivity contribution is 6.02. The quantitative estimate of drug-likeness (QED) is 0.762. The Morgan fingerprint density at radius 1 is 1.12 bits per heavy atom. The lowest BCUT2D eigenvalue weighted by Gasteiger charge is -2.20. The van der Waals surface area contributed by atoms with Gasteiger partial charge in [-0.15, -0.1) is 5.10 Å². The fraction of sp³-hybridized carbons (Fsp3) is 0.222. The Hall–Kier alpha value is -3.22. The van der Waals surface area contributed by atoms with Crippen LogP contribution in [0.1, 0.15) is 41.4 Å². The van der Waals surface area contributed by atoms with Gasteiger partial charge in [0.25, 0.3) is 5.91 Å². The Bertz CT molecular complexity index is 858. The number of hydrogen-bond donors (Lipinski definition) is 1. The summed E-state index contributed by atoms with van der Waals surface area (Å²) in [6.07, 6.45) is 4.74. The second kappa shape index (κ2) is 6.72. The van der Waals surface area contributed by atoms with Crippen molar-refractivity contribution in [1.82, 2.24) is 15.2 Å². The van der Waals surface area contributed by atoms with E-state index in [9.17, 15) is 4.79 Å². The molecule has 25 heavy (non-hydrogen) atoms. The smallest absolute Gasteiger partial charge is 0.322 e. The molecule has 0 radical (unpaired) electrons. The van der Waals surface area contributed by atoms with Gasteiger partial charge in [-0.2, -0.15) is 0 Å². The van der Waals surface area contributed by atoms with Crippen LogP contribution in [0.25, 0.3) is 0 Å². The van der Waals surface area contributed by atoms with Crippen molar-refractivity contribution in [2.75, 3.05) is 5.32 Å². The molecular formula is C18H16N4O3. The summed E-state index contributed by atoms with van der Waals surface area (Å²) in [4.78, 5) is 16.4. The Balaban J connectivity index is 1.39. The van der Waals surface area contributed by atoms with Crippen LogP contribution in [-0.4, -0.2) is 21.1 Å². The molecule has 1 aromatic carbocycles. The molecule has 1 N–H and O–H groups in total. The number of rotatable bonds is 5. The lowest BCUT2D eigenvalue weighted by Crippen LogP contribution is -2.12. The minimum absolute atomic E-state index is 0.108. The Labute approximate surface area is 144 Å². The molecule has 2 heterocycles. The zero-order chi connectivity index (χ0) is 17.1. The molecule has 126 valence electrons. The average molecular weight is 336 g/mol. The van der Waals surface area contributed by atoms with Crippen LogP contribution in [0, 0.1) is 0 Å². The fourth-order valence-electron chi connectivity index (χ4n) is 2.46. The summed E-state index contributed by atoms with van der Waals surface area (Å²) in [5.74, 6) is 1.65. The van der Waals surface area contributed by atoms with Crippen LogP contribution < -0.4 is 10.1 Å². The van der Waals surface area contributed by atoms with Crippen LogP contribution in [0.3, 0.4) is 0 Å². The summed E-state index contributed by atoms with van der Waals surface area (Å²) in [6, 6.07) is 12.7. The number of carbonyl (C=O) groups is 1. The van der Waals surface area contributed by atoms with Gasteiger partial charge in [0.1, 0.15) is 5.75 Å². The molecule has 2 aromatic heterocycles. The van der Waals surface area contributed by atoms with Gasteiger partial charge in [0, 0.05) is 18.2 Å². The molecular weight excluding hydrogens is 320 g/mol. The van der Waals surface area contributed by atoms with Gasteiger partial charge in [0.2, 0.25) is 11.8 Å². The summed E-state index contributed by atoms with van der Waals surface area (Å²) in [5.41, 5.74) is 0.379. The van der Waals surface area contributed by atoms with Crippen molar-refractivity contribution in [2.24, 2.45) is 0 Å². The molecule has 0 atom stereocenters. The van der Waals surface area contributed by atoms with Crippen molar-refractivity contribution < 1.29 is 13.9 Å². The third kappa shape index (κ3) is 3.50. The van der Waals surface area contributed by atoms with Crippen LogP contribution in [0.2, 0.25) is 0 Å². The highest BCUT2D eigenvalue weighted by atomic mass is 16.5. The molecule has 1 aliphatic rings. The van der Waals surface area contributed by atoms with Gasteiger partial charge in [0.15, 0.2) is 0 Å². The van der Waals surface area contributed by atoms with Gasteiger partial charge in [-0.1, -0.05) is 29.7 Å². The number of nitrogens with one attached hydrogen (secondary N) is 1. The molecule has 0 unspecified atom stereocenters. The topological polar surface area (TPSA) is 90.1 Å². The van der Waals surface area contributed by atoms with Crippen molar-refractivity contribution in [3.8, 4) is 11.6 Å². The van der Waals surface area contributed by atoms with E-state index >= 15 is 0 Å². The van der Waals surface area contributed by atoms with Gasteiger partial charge in [-0.3, -0.25) is 10.1 Å². The molecule has 3 aromatic rings. The molecule has 0 spiro atoms. The number of amides is 1. The van der Waals surface area contributed by atoms with Crippen LogP contribution >= 0.6 is 0 Å². The molecule has 7 nitrogen and oxygen atoms in total. The summed E-state index contributed by atoms with van der Waals surface area (Å²) in [7, 11) is 0. The molecule has 0 aliphatic heterocycles. The molecule has 1 amide bonds. The van der Waals surface area contributed by atoms with E-state index in [1.807, 2.05) is 30.3 Å². The summed E-state index contributed by atoms with van der Waals surface area (Å²) < 4.78 is 11.1. The highest BCUT2D eigenvalue weighted by Gasteiger charge is 2.25. The Morgan fingerprint density at radius 3 is 2.64 bits per heavy atom. The number of ether oxygens (including phenoxy) is 1. The normalized spacial score (nSPS) is 13.9. The number of nitrogens with zero attached hydrogens (tertiary/aromatic N) is 3. The number of hydrogen-bond acceptors (Lipinski definition) is 6. The Morgan fingerprint density at radius 2 is 1.96 bits per heavy atom. The van der Waals surface area contributed by atoms with E-state index in [0.29, 0.717) is 29.0 Å². The standard InChI is InChI=1S/C18H16N4O3/c23-16(20-18-22-21-17(25-18)12-5-4-6-12)13-9-10-15(19-11-13)24-14-7-2-1-3-8-14/h1-3,7-12H,4-6H2,(H,20,22,23). The van der Waals surface area contributed by atoms with Gasteiger partial charge in [-0.25, -0.2) is 4.98 Å². The van der Waals surface area contributed by atoms with E-state index in [0.717, 1.165) is 12.8 Å². The van der Waals surface area contributed by atoms with Gasteiger partial charge in [-0.05, 0) is 31.0 Å². The first-order chi connectivity index (χ1) is 12.3. The minimum atomic E-state index is -0.359. The summed E-state index contributed by atoms with van der Waals surface area (Å²) >= 11 is 0. The van der Waals surface area contributed by atoms with E-state index in [1.54, 1.807) is 12.1 Å². The molecule has 4 rings (SSSR count). The lowest BCUT2D eigenvalue weighted by atomic mass is 9.85. The highest BCUT2D eigenvalue weighted by Crippen LogP contribution is 2.35. The van der Waals surface area contributed by atoms with Gasteiger partial charge < -0.3 is 9.15 Å². The van der Waals surface area contributed by atoms with Crippen molar-refractivity contribution in [3.05, 3.63) is 60.1 Å². The van der Waals surface area contributed by atoms with Crippen molar-refractivity contribution >= 4 is 11.9 Å². The molecule has 0 saturated heterocycles. The third-order valence-corrected chi connectivity index (χ3v) is 4.08. The van der Waals surface area contributed by atoms with Crippen molar-refractivity contribution in [1.29, 1.82) is 0 Å². The number of aromatic nitrogens is 3. The first-order valence-electron chi connectivity index (χ1n) is 8.11. The fourth-order valence-corrected chi connectivity index (χ4v) is 2.46. The molecule has 1 fully saturated rings. The van der Waals surface area contributed by atoms with Crippen LogP contribution in [0.5, 0.6) is 11.6 Å². The van der Waals surface area contributed by atoms with E-state index in [1.165, 1.54) is 12.6 Å². The predicted octanol–water partition coefficient (Wildman–Crippen LogP) is 3.78. The monoisotopic (exact) mass is 336 g/mol. The first-order valence-corrected chi connectivity index (χ1v) is 8.11. The zero-order valence-electron chi connectivity index (χ0n) is 13.4. The second-order valence-electron chi connectivity index (χ2n) is 5.83. The van der Waals surface area contributed by atoms with E-state index in [2.05, 4.69) is 20.5 Å². The van der Waals surface area contributed by atoms with Crippen LogP contribution in [0.4, 0.5) is 6.01 Å². The molecule has 1 saturated carbocycles. The predicted molar refractivity (Wildman–Crippen MR) is 89.6 cm³/mol. The maximum atomic E-state index is 12.2. The summed E-state index contributed by atoms with van der Waals surface area (Å²) in [5, 5.41) is 10.4. The minimum Gasteiger partial charge on any atom is -0.439 e. The number of pyridine rings is 1. The number of para-hydroxylation sites is 1. The first kappa shape index (κ1) is 15.3. The van der Waals surface area contributed by atoms with Crippen molar-refractivity contribution in [3.63, 3.8) is 0 Å². The molecule has 7 heteroatoms. The number of carbonyl (C=O) groups excluding carboxylic acids is 1. The summed E-state index contributed by atoms with van der Waals surface area (Å²) in [6.45, 7) is 0. The molecule has 0 bridgehead atoms. The largest absolute Gasteiger partial charge is 0.439 e. The van der Waals surface area contributed by atoms with E-state index in [-0.39, 0.29) is 11.9 Å². The van der Waals surface area contributed by atoms with E-state index < -0.39 is 0 Å². The maximum absolute atomic E-state index is 12.2. The van der Waals surface area contributed by atoms with Gasteiger partial charge >= 0.3 is 6.01 Å². The lowest BCUT2D eigenvalue weighted by molar-refractivity contribution is 0.102. The van der Waals surface area contributed by atoms with E-state index in [4.69, 9.17) is 9.15 Å². The third-order valence-electron chi connectivity index (χ3n) is 4.08. The second-order valence-corrected chi connectivity index (χ2v) is 5.83. The zero-order valence-corrected chi connectivity index (χ0v) is 13.4. The maximum Gasteiger partial charge on any atom is 0.322 e. The number of benzene rings is 1. The SMILES string of the molecule is O=C(Nc1nnc(C2CCC2)o1)c1ccc(Oc2ccccc2)nc1. The Kier molecular flexibility index (Phi) is 4.12. The van der Waals surface area contributed by atoms with Crippen LogP contribution in [0.15, 0.2) is 53.1 Å². The van der Waals surface area contributed by atoms with Crippen LogP contribution in [-0.2, 0) is 0 Å². The van der Waals surface area contributed by atoms with Gasteiger partial charge in [0.05, 0.1) is 5.56 Å². The molecule has 1 aliphatic carbocycles. The number of anilines is 1.